The largest absolute Gasteiger partial charge is 0.495 e. The lowest BCUT2D eigenvalue weighted by Gasteiger charge is -2.18. The molecule has 134 valence electrons. The second-order valence-corrected chi connectivity index (χ2v) is 8.15. The van der Waals surface area contributed by atoms with Gasteiger partial charge < -0.3 is 9.64 Å². The van der Waals surface area contributed by atoms with Crippen LogP contribution in [0.15, 0.2) is 41.3 Å². The van der Waals surface area contributed by atoms with E-state index < -0.39 is 10.0 Å². The lowest BCUT2D eigenvalue weighted by atomic mass is 10.2. The lowest BCUT2D eigenvalue weighted by Crippen LogP contribution is -2.17. The molecule has 1 heterocycles. The Morgan fingerprint density at radius 2 is 1.64 bits per heavy atom. The van der Waals surface area contributed by atoms with Gasteiger partial charge in [-0.15, -0.1) is 0 Å². The fraction of sp³-hybridized carbons (Fsp3) is 0.294. The molecule has 1 fully saturated rings. The summed E-state index contributed by atoms with van der Waals surface area (Å²) in [5, 5.41) is -0.00127. The summed E-state index contributed by atoms with van der Waals surface area (Å²) in [6, 6.07) is 10.1. The van der Waals surface area contributed by atoms with Gasteiger partial charge in [0.15, 0.2) is 0 Å². The third kappa shape index (κ3) is 3.81. The van der Waals surface area contributed by atoms with E-state index in [-0.39, 0.29) is 14.9 Å². The molecule has 5 nitrogen and oxygen atoms in total. The van der Waals surface area contributed by atoms with Gasteiger partial charge in [-0.1, -0.05) is 23.2 Å². The molecule has 0 spiro atoms. The highest BCUT2D eigenvalue weighted by atomic mass is 35.5. The summed E-state index contributed by atoms with van der Waals surface area (Å²) in [6.45, 7) is 2.07. The van der Waals surface area contributed by atoms with Gasteiger partial charge in [0.25, 0.3) is 10.0 Å². The molecule has 1 aliphatic heterocycles. The molecule has 0 aromatic heterocycles. The van der Waals surface area contributed by atoms with Crippen LogP contribution in [0.2, 0.25) is 10.0 Å². The SMILES string of the molecule is COc1ccc(S(=O)(=O)Nc2ccc(N3CCCC3)cc2)c(Cl)c1Cl. The Morgan fingerprint density at radius 3 is 2.24 bits per heavy atom. The molecule has 0 bridgehead atoms. The summed E-state index contributed by atoms with van der Waals surface area (Å²) in [5.41, 5.74) is 1.55. The van der Waals surface area contributed by atoms with Crippen molar-refractivity contribution in [3.05, 3.63) is 46.4 Å². The summed E-state index contributed by atoms with van der Waals surface area (Å²) < 4.78 is 32.8. The third-order valence-electron chi connectivity index (χ3n) is 4.11. The number of sulfonamides is 1. The van der Waals surface area contributed by atoms with E-state index in [0.717, 1.165) is 18.8 Å². The summed E-state index contributed by atoms with van der Waals surface area (Å²) in [6.07, 6.45) is 2.37. The number of halogens is 2. The highest BCUT2D eigenvalue weighted by Gasteiger charge is 2.22. The maximum atomic E-state index is 12.6. The zero-order valence-corrected chi connectivity index (χ0v) is 16.0. The van der Waals surface area contributed by atoms with Gasteiger partial charge in [-0.2, -0.15) is 0 Å². The normalized spacial score (nSPS) is 14.6. The zero-order chi connectivity index (χ0) is 18.0. The summed E-state index contributed by atoms with van der Waals surface area (Å²) in [7, 11) is -2.42. The number of hydrogen-bond donors (Lipinski definition) is 1. The molecule has 1 saturated heterocycles. The first-order valence-corrected chi connectivity index (χ1v) is 10.1. The topological polar surface area (TPSA) is 58.6 Å². The average Bonchev–Trinajstić information content (AvgIpc) is 3.12. The van der Waals surface area contributed by atoms with Crippen molar-refractivity contribution < 1.29 is 13.2 Å². The summed E-state index contributed by atoms with van der Waals surface area (Å²) in [5.74, 6) is 0.320. The van der Waals surface area contributed by atoms with Crippen LogP contribution in [0.1, 0.15) is 12.8 Å². The van der Waals surface area contributed by atoms with Gasteiger partial charge in [0.05, 0.1) is 12.1 Å². The molecular formula is C17H18Cl2N2O3S. The first-order valence-electron chi connectivity index (χ1n) is 7.82. The van der Waals surface area contributed by atoms with Gasteiger partial charge in [-0.05, 0) is 49.2 Å². The molecule has 0 atom stereocenters. The highest BCUT2D eigenvalue weighted by molar-refractivity contribution is 7.92. The molecule has 3 rings (SSSR count). The molecule has 2 aromatic carbocycles. The van der Waals surface area contributed by atoms with Gasteiger partial charge in [0, 0.05) is 24.5 Å². The van der Waals surface area contributed by atoms with E-state index in [1.807, 2.05) is 12.1 Å². The zero-order valence-electron chi connectivity index (χ0n) is 13.6. The Morgan fingerprint density at radius 1 is 1.00 bits per heavy atom. The van der Waals surface area contributed by atoms with E-state index in [1.165, 1.54) is 32.1 Å². The van der Waals surface area contributed by atoms with Gasteiger partial charge in [-0.3, -0.25) is 4.72 Å². The second-order valence-electron chi connectivity index (χ2n) is 5.74. The Balaban J connectivity index is 1.83. The van der Waals surface area contributed by atoms with E-state index in [2.05, 4.69) is 9.62 Å². The van der Waals surface area contributed by atoms with Crippen molar-refractivity contribution in [3.63, 3.8) is 0 Å². The lowest BCUT2D eigenvalue weighted by molar-refractivity contribution is 0.414. The molecule has 0 radical (unpaired) electrons. The molecule has 0 saturated carbocycles. The van der Waals surface area contributed by atoms with Crippen LogP contribution < -0.4 is 14.4 Å². The van der Waals surface area contributed by atoms with Crippen molar-refractivity contribution >= 4 is 44.6 Å². The van der Waals surface area contributed by atoms with Crippen LogP contribution in [0.25, 0.3) is 0 Å². The number of nitrogens with one attached hydrogen (secondary N) is 1. The predicted octanol–water partition coefficient (Wildman–Crippen LogP) is 4.40. The fourth-order valence-electron chi connectivity index (χ4n) is 2.80. The van der Waals surface area contributed by atoms with Gasteiger partial charge in [0.1, 0.15) is 15.7 Å². The Hall–Kier alpha value is -1.63. The van der Waals surface area contributed by atoms with Crippen LogP contribution in [-0.2, 0) is 10.0 Å². The molecule has 25 heavy (non-hydrogen) atoms. The number of anilines is 2. The number of ether oxygens (including phenoxy) is 1. The molecule has 0 aliphatic carbocycles. The van der Waals surface area contributed by atoms with Crippen LogP contribution in [0.5, 0.6) is 5.75 Å². The minimum Gasteiger partial charge on any atom is -0.495 e. The molecule has 1 N–H and O–H groups in total. The smallest absolute Gasteiger partial charge is 0.263 e. The molecule has 1 aliphatic rings. The van der Waals surface area contributed by atoms with Crippen LogP contribution >= 0.6 is 23.2 Å². The van der Waals surface area contributed by atoms with Gasteiger partial charge in [-0.25, -0.2) is 8.42 Å². The van der Waals surface area contributed by atoms with Crippen molar-refractivity contribution in [1.29, 1.82) is 0 Å². The van der Waals surface area contributed by atoms with Crippen molar-refractivity contribution in [3.8, 4) is 5.75 Å². The Kier molecular flexibility index (Phi) is 5.32. The summed E-state index contributed by atoms with van der Waals surface area (Å²) in [4.78, 5) is 2.18. The number of benzene rings is 2. The van der Waals surface area contributed by atoms with E-state index in [9.17, 15) is 8.42 Å². The monoisotopic (exact) mass is 400 g/mol. The summed E-state index contributed by atoms with van der Waals surface area (Å²) >= 11 is 12.1. The first kappa shape index (κ1) is 18.2. The van der Waals surface area contributed by atoms with E-state index in [4.69, 9.17) is 27.9 Å². The number of rotatable bonds is 5. The molecule has 2 aromatic rings. The van der Waals surface area contributed by atoms with Crippen molar-refractivity contribution in [1.82, 2.24) is 0 Å². The van der Waals surface area contributed by atoms with Crippen LogP contribution in [0.4, 0.5) is 11.4 Å². The van der Waals surface area contributed by atoms with Crippen LogP contribution in [0, 0.1) is 0 Å². The number of methoxy groups -OCH3 is 1. The third-order valence-corrected chi connectivity index (χ3v) is 6.51. The van der Waals surface area contributed by atoms with E-state index in [1.54, 1.807) is 12.1 Å². The van der Waals surface area contributed by atoms with Crippen molar-refractivity contribution in [2.45, 2.75) is 17.7 Å². The van der Waals surface area contributed by atoms with Crippen molar-refractivity contribution in [2.24, 2.45) is 0 Å². The van der Waals surface area contributed by atoms with Gasteiger partial charge in [0.2, 0.25) is 0 Å². The average molecular weight is 401 g/mol. The quantitative estimate of drug-likeness (QED) is 0.807. The first-order chi connectivity index (χ1) is 11.9. The fourth-order valence-corrected chi connectivity index (χ4v) is 4.71. The van der Waals surface area contributed by atoms with E-state index in [0.29, 0.717) is 11.4 Å². The van der Waals surface area contributed by atoms with Crippen LogP contribution in [-0.4, -0.2) is 28.6 Å². The van der Waals surface area contributed by atoms with Crippen LogP contribution in [0.3, 0.4) is 0 Å². The Bertz CT molecular complexity index is 864. The number of hydrogen-bond acceptors (Lipinski definition) is 4. The maximum Gasteiger partial charge on any atom is 0.263 e. The number of nitrogens with zero attached hydrogens (tertiary/aromatic N) is 1. The maximum absolute atomic E-state index is 12.6. The minimum atomic E-state index is -3.86. The predicted molar refractivity (Wildman–Crippen MR) is 102 cm³/mol. The van der Waals surface area contributed by atoms with Crippen molar-refractivity contribution in [2.75, 3.05) is 29.8 Å². The molecule has 8 heteroatoms. The molecule has 0 amide bonds. The Labute approximate surface area is 157 Å². The molecular weight excluding hydrogens is 383 g/mol. The van der Waals surface area contributed by atoms with Gasteiger partial charge >= 0.3 is 0 Å². The second kappa shape index (κ2) is 7.32. The van der Waals surface area contributed by atoms with E-state index >= 15 is 0 Å². The standard InChI is InChI=1S/C17H18Cl2N2O3S/c1-24-14-8-9-15(17(19)16(14)18)25(22,23)20-12-4-6-13(7-5-12)21-10-2-3-11-21/h4-9,20H,2-3,10-11H2,1H3. The molecule has 0 unspecified atom stereocenters. The highest BCUT2D eigenvalue weighted by Crippen LogP contribution is 2.37. The minimum absolute atomic E-state index is 0.0661.